The van der Waals surface area contributed by atoms with Crippen LogP contribution in [0, 0.1) is 0 Å². The van der Waals surface area contributed by atoms with Gasteiger partial charge in [0.1, 0.15) is 10.3 Å². The van der Waals surface area contributed by atoms with Crippen molar-refractivity contribution in [1.29, 1.82) is 0 Å². The first kappa shape index (κ1) is 23.4. The molecular formula is C26H21N3O6S. The minimum absolute atomic E-state index is 0.206. The van der Waals surface area contributed by atoms with Gasteiger partial charge in [0, 0.05) is 19.5 Å². The number of benzene rings is 2. The lowest BCUT2D eigenvalue weighted by atomic mass is 9.96. The number of amides is 1. The van der Waals surface area contributed by atoms with Gasteiger partial charge >= 0.3 is 11.9 Å². The van der Waals surface area contributed by atoms with Crippen LogP contribution in [0.4, 0.5) is 5.69 Å². The molecule has 2 aliphatic heterocycles. The van der Waals surface area contributed by atoms with E-state index in [1.807, 2.05) is 18.2 Å². The summed E-state index contributed by atoms with van der Waals surface area (Å²) >= 11 is 1.11. The molecule has 0 fully saturated rings. The fourth-order valence-corrected chi connectivity index (χ4v) is 5.67. The van der Waals surface area contributed by atoms with Crippen LogP contribution in [-0.4, -0.2) is 36.6 Å². The number of allylic oxidation sites excluding steroid dienone is 1. The quantitative estimate of drug-likeness (QED) is 0.398. The van der Waals surface area contributed by atoms with E-state index in [0.29, 0.717) is 38.6 Å². The van der Waals surface area contributed by atoms with Crippen LogP contribution in [0.25, 0.3) is 5.57 Å². The molecule has 0 saturated carbocycles. The van der Waals surface area contributed by atoms with Crippen LogP contribution >= 0.6 is 11.3 Å². The Kier molecular flexibility index (Phi) is 5.68. The number of anilines is 1. The average Bonchev–Trinajstić information content (AvgIpc) is 3.30. The molecule has 0 unspecified atom stereocenters. The van der Waals surface area contributed by atoms with E-state index in [1.54, 1.807) is 44.3 Å². The number of likely N-dealkylation sites (N-methyl/N-ethyl adjacent to an activating group) is 1. The molecule has 182 valence electrons. The summed E-state index contributed by atoms with van der Waals surface area (Å²) in [5.41, 5.74) is 2.46. The highest BCUT2D eigenvalue weighted by Crippen LogP contribution is 2.34. The number of carbonyl (C=O) groups is 3. The predicted octanol–water partition coefficient (Wildman–Crippen LogP) is 1.68. The standard InChI is InChI=1S/C26H21N3O6S/c1-13-19(25(33)34-4)21(15-9-11-16(12-10-15)35-14(2)30)29-24(32)22(36-26(29)27-13)20-17-7-5-6-8-18(17)28(3)23(20)31/h5-12,21H,1-4H3/t21-/m0/s1. The van der Waals surface area contributed by atoms with E-state index < -0.39 is 23.5 Å². The van der Waals surface area contributed by atoms with E-state index in [0.717, 1.165) is 11.3 Å². The highest BCUT2D eigenvalue weighted by molar-refractivity contribution is 7.07. The molecule has 1 amide bonds. The molecule has 9 nitrogen and oxygen atoms in total. The molecule has 5 rings (SSSR count). The van der Waals surface area contributed by atoms with Crippen LogP contribution in [0.2, 0.25) is 0 Å². The molecule has 0 spiro atoms. The maximum absolute atomic E-state index is 13.9. The van der Waals surface area contributed by atoms with Crippen LogP contribution in [0.3, 0.4) is 0 Å². The summed E-state index contributed by atoms with van der Waals surface area (Å²) in [6.45, 7) is 2.98. The van der Waals surface area contributed by atoms with Crippen molar-refractivity contribution in [2.45, 2.75) is 19.9 Å². The number of thiazole rings is 1. The molecule has 3 aromatic rings. The van der Waals surface area contributed by atoms with Gasteiger partial charge in [0.25, 0.3) is 11.5 Å². The van der Waals surface area contributed by atoms with E-state index >= 15 is 0 Å². The van der Waals surface area contributed by atoms with Gasteiger partial charge in [-0.15, -0.1) is 0 Å². The smallest absolute Gasteiger partial charge is 0.338 e. The van der Waals surface area contributed by atoms with Crippen molar-refractivity contribution in [3.05, 3.63) is 90.6 Å². The Morgan fingerprint density at radius 2 is 1.75 bits per heavy atom. The van der Waals surface area contributed by atoms with E-state index in [1.165, 1.54) is 23.5 Å². The van der Waals surface area contributed by atoms with Crippen LogP contribution < -0.4 is 24.5 Å². The third kappa shape index (κ3) is 3.57. The molecule has 10 heteroatoms. The zero-order valence-electron chi connectivity index (χ0n) is 19.9. The van der Waals surface area contributed by atoms with Gasteiger partial charge in [0.15, 0.2) is 4.80 Å². The average molecular weight is 504 g/mol. The summed E-state index contributed by atoms with van der Waals surface area (Å²) in [6, 6.07) is 13.0. The Morgan fingerprint density at radius 1 is 1.06 bits per heavy atom. The summed E-state index contributed by atoms with van der Waals surface area (Å²) in [4.78, 5) is 57.6. The topological polar surface area (TPSA) is 107 Å². The first-order chi connectivity index (χ1) is 17.2. The van der Waals surface area contributed by atoms with E-state index in [-0.39, 0.29) is 16.0 Å². The number of hydrogen-bond acceptors (Lipinski definition) is 8. The van der Waals surface area contributed by atoms with Crippen molar-refractivity contribution in [3.63, 3.8) is 0 Å². The van der Waals surface area contributed by atoms with Gasteiger partial charge in [-0.25, -0.2) is 9.79 Å². The van der Waals surface area contributed by atoms with Gasteiger partial charge in [0.05, 0.1) is 35.7 Å². The molecule has 0 saturated heterocycles. The largest absolute Gasteiger partial charge is 0.466 e. The summed E-state index contributed by atoms with van der Waals surface area (Å²) < 4.78 is 11.8. The van der Waals surface area contributed by atoms with Crippen molar-refractivity contribution in [2.75, 3.05) is 19.1 Å². The second-order valence-electron chi connectivity index (χ2n) is 8.31. The lowest BCUT2D eigenvalue weighted by Crippen LogP contribution is -2.40. The van der Waals surface area contributed by atoms with E-state index in [2.05, 4.69) is 4.99 Å². The maximum Gasteiger partial charge on any atom is 0.338 e. The van der Waals surface area contributed by atoms with Crippen molar-refractivity contribution in [2.24, 2.45) is 4.99 Å². The van der Waals surface area contributed by atoms with E-state index in [9.17, 15) is 19.2 Å². The Bertz CT molecular complexity index is 1660. The van der Waals surface area contributed by atoms with Gasteiger partial charge in [0.2, 0.25) is 0 Å². The Hall–Kier alpha value is -4.31. The summed E-state index contributed by atoms with van der Waals surface area (Å²) in [7, 11) is 2.93. The fourth-order valence-electron chi connectivity index (χ4n) is 4.53. The maximum atomic E-state index is 13.9. The molecule has 3 heterocycles. The van der Waals surface area contributed by atoms with Crippen molar-refractivity contribution < 1.29 is 23.9 Å². The number of nitrogens with zero attached hydrogens (tertiary/aromatic N) is 3. The third-order valence-corrected chi connectivity index (χ3v) is 7.19. The minimum Gasteiger partial charge on any atom is -0.466 e. The van der Waals surface area contributed by atoms with Crippen LogP contribution in [0.15, 0.2) is 69.6 Å². The second-order valence-corrected chi connectivity index (χ2v) is 9.29. The van der Waals surface area contributed by atoms with Crippen molar-refractivity contribution >= 4 is 40.4 Å². The van der Waals surface area contributed by atoms with Crippen LogP contribution in [-0.2, 0) is 19.1 Å². The highest BCUT2D eigenvalue weighted by Gasteiger charge is 2.36. The normalized spacial score (nSPS) is 17.9. The zero-order chi connectivity index (χ0) is 25.7. The number of esters is 2. The Balaban J connectivity index is 1.78. The minimum atomic E-state index is -0.848. The van der Waals surface area contributed by atoms with Crippen molar-refractivity contribution in [3.8, 4) is 5.75 Å². The number of methoxy groups -OCH3 is 1. The molecule has 0 N–H and O–H groups in total. The number of carbonyl (C=O) groups excluding carboxylic acids is 3. The summed E-state index contributed by atoms with van der Waals surface area (Å²) in [6.07, 6.45) is 0. The van der Waals surface area contributed by atoms with Gasteiger partial charge in [-0.2, -0.15) is 0 Å². The fraction of sp³-hybridized carbons (Fsp3) is 0.192. The molecule has 2 aromatic carbocycles. The number of rotatable bonds is 3. The second kappa shape index (κ2) is 8.72. The van der Waals surface area contributed by atoms with Crippen LogP contribution in [0.1, 0.15) is 31.0 Å². The van der Waals surface area contributed by atoms with Gasteiger partial charge in [-0.3, -0.25) is 19.0 Å². The Morgan fingerprint density at radius 3 is 2.42 bits per heavy atom. The molecule has 0 radical (unpaired) electrons. The van der Waals surface area contributed by atoms with Gasteiger partial charge in [-0.1, -0.05) is 41.7 Å². The van der Waals surface area contributed by atoms with Gasteiger partial charge < -0.3 is 14.4 Å². The molecule has 36 heavy (non-hydrogen) atoms. The molecule has 0 bridgehead atoms. The molecule has 1 aromatic heterocycles. The summed E-state index contributed by atoms with van der Waals surface area (Å²) in [5.74, 6) is -1.04. The first-order valence-corrected chi connectivity index (χ1v) is 11.8. The summed E-state index contributed by atoms with van der Waals surface area (Å²) in [5, 5.41) is 0. The number of ether oxygens (including phenoxy) is 2. The number of para-hydroxylation sites is 1. The predicted molar refractivity (Wildman–Crippen MR) is 132 cm³/mol. The molecular weight excluding hydrogens is 482 g/mol. The first-order valence-electron chi connectivity index (χ1n) is 11.0. The molecule has 2 aliphatic rings. The lowest BCUT2D eigenvalue weighted by Gasteiger charge is -2.24. The van der Waals surface area contributed by atoms with Crippen molar-refractivity contribution in [1.82, 2.24) is 4.57 Å². The van der Waals surface area contributed by atoms with Crippen LogP contribution in [0.5, 0.6) is 5.75 Å². The zero-order valence-corrected chi connectivity index (χ0v) is 20.7. The number of hydrogen-bond donors (Lipinski definition) is 0. The SMILES string of the molecule is COC(=O)C1=C(C)N=c2sc(=C3C(=O)N(C)c4ccccc43)c(=O)n2[C@H]1c1ccc(OC(C)=O)cc1. The van der Waals surface area contributed by atoms with Gasteiger partial charge in [-0.05, 0) is 30.7 Å². The molecule has 1 atom stereocenters. The Labute approximate surface area is 209 Å². The monoisotopic (exact) mass is 503 g/mol. The van der Waals surface area contributed by atoms with E-state index in [4.69, 9.17) is 9.47 Å². The number of fused-ring (bicyclic) bond motifs is 2. The number of aromatic nitrogens is 1. The third-order valence-electron chi connectivity index (χ3n) is 6.14. The molecule has 0 aliphatic carbocycles. The highest BCUT2D eigenvalue weighted by atomic mass is 32.1. The lowest BCUT2D eigenvalue weighted by molar-refractivity contribution is -0.136.